The molecule has 2 N–H and O–H groups in total. The van der Waals surface area contributed by atoms with Gasteiger partial charge in [-0.2, -0.15) is 0 Å². The van der Waals surface area contributed by atoms with Crippen molar-refractivity contribution in [1.29, 1.82) is 0 Å². The summed E-state index contributed by atoms with van der Waals surface area (Å²) < 4.78 is 14.3. The van der Waals surface area contributed by atoms with E-state index >= 15 is 0 Å². The molecule has 1 fully saturated rings. The third-order valence-electron chi connectivity index (χ3n) is 5.92. The molecule has 6 nitrogen and oxygen atoms in total. The highest BCUT2D eigenvalue weighted by atomic mass is 19.1. The lowest BCUT2D eigenvalue weighted by Gasteiger charge is -2.41. The molecule has 0 spiro atoms. The molecule has 1 saturated heterocycles. The van der Waals surface area contributed by atoms with E-state index in [9.17, 15) is 14.0 Å². The van der Waals surface area contributed by atoms with Crippen LogP contribution in [-0.2, 0) is 4.79 Å². The minimum absolute atomic E-state index is 0.0522. The predicted octanol–water partition coefficient (Wildman–Crippen LogP) is 3.37. The van der Waals surface area contributed by atoms with Crippen LogP contribution in [0, 0.1) is 12.7 Å². The lowest BCUT2D eigenvalue weighted by molar-refractivity contribution is -0.130. The third kappa shape index (κ3) is 5.53. The minimum atomic E-state index is -0.237. The Bertz CT molecular complexity index is 976. The van der Waals surface area contributed by atoms with E-state index in [0.29, 0.717) is 24.2 Å². The Hall–Kier alpha value is -3.19. The molecule has 2 aromatic carbocycles. The van der Waals surface area contributed by atoms with E-state index < -0.39 is 0 Å². The smallest absolute Gasteiger partial charge is 0.251 e. The Morgan fingerprint density at radius 1 is 1.22 bits per heavy atom. The van der Waals surface area contributed by atoms with Gasteiger partial charge in [0.2, 0.25) is 5.91 Å². The Kier molecular flexibility index (Phi) is 7.64. The SMILES string of the molecule is C=CC(=O)N1CCN(C[C@@H](Nc2ccc(C(=O)NC)cc2)c2ccc(C)c(F)c2)C[C@H]1C. The van der Waals surface area contributed by atoms with Gasteiger partial charge in [0.15, 0.2) is 0 Å². The maximum absolute atomic E-state index is 14.3. The zero-order chi connectivity index (χ0) is 23.3. The number of nitrogens with zero attached hydrogens (tertiary/aromatic N) is 2. The predicted molar refractivity (Wildman–Crippen MR) is 125 cm³/mol. The number of aryl methyl sites for hydroxylation is 1. The summed E-state index contributed by atoms with van der Waals surface area (Å²) in [6, 6.07) is 12.4. The van der Waals surface area contributed by atoms with Crippen LogP contribution in [0.1, 0.15) is 34.5 Å². The van der Waals surface area contributed by atoms with Crippen LogP contribution in [0.3, 0.4) is 0 Å². The number of amides is 2. The molecule has 2 atom stereocenters. The summed E-state index contributed by atoms with van der Waals surface area (Å²) in [5.41, 5.74) is 2.87. The minimum Gasteiger partial charge on any atom is -0.377 e. The van der Waals surface area contributed by atoms with Gasteiger partial charge in [0, 0.05) is 50.5 Å². The van der Waals surface area contributed by atoms with Gasteiger partial charge in [0.1, 0.15) is 5.82 Å². The normalized spacial score (nSPS) is 17.5. The molecule has 1 heterocycles. The lowest BCUT2D eigenvalue weighted by atomic mass is 10.0. The molecule has 7 heteroatoms. The summed E-state index contributed by atoms with van der Waals surface area (Å²) in [5.74, 6) is -0.433. The fourth-order valence-electron chi connectivity index (χ4n) is 4.03. The largest absolute Gasteiger partial charge is 0.377 e. The second-order valence-corrected chi connectivity index (χ2v) is 8.21. The molecule has 32 heavy (non-hydrogen) atoms. The maximum Gasteiger partial charge on any atom is 0.251 e. The zero-order valence-corrected chi connectivity index (χ0v) is 18.9. The molecule has 0 unspecified atom stereocenters. The molecule has 1 aliphatic heterocycles. The molecule has 0 radical (unpaired) electrons. The molecule has 0 aliphatic carbocycles. The van der Waals surface area contributed by atoms with E-state index in [4.69, 9.17) is 0 Å². The standard InChI is InChI=1S/C25H31FN4O2/c1-5-24(31)30-13-12-29(15-18(30)3)16-23(20-7-6-17(2)22(26)14-20)28-21-10-8-19(9-11-21)25(32)27-4/h5-11,14,18,23,28H,1,12-13,15-16H2,2-4H3,(H,27,32)/t18-,23-/m1/s1. The Morgan fingerprint density at radius 3 is 2.53 bits per heavy atom. The van der Waals surface area contributed by atoms with Gasteiger partial charge in [-0.25, -0.2) is 4.39 Å². The monoisotopic (exact) mass is 438 g/mol. The van der Waals surface area contributed by atoms with Crippen LogP contribution in [0.5, 0.6) is 0 Å². The Balaban J connectivity index is 1.79. The number of hydrogen-bond donors (Lipinski definition) is 2. The van der Waals surface area contributed by atoms with Gasteiger partial charge in [0.05, 0.1) is 6.04 Å². The number of piperazine rings is 1. The van der Waals surface area contributed by atoms with Crippen LogP contribution in [0.2, 0.25) is 0 Å². The van der Waals surface area contributed by atoms with Crippen molar-refractivity contribution < 1.29 is 14.0 Å². The van der Waals surface area contributed by atoms with E-state index in [-0.39, 0.29) is 29.7 Å². The summed E-state index contributed by atoms with van der Waals surface area (Å²) in [7, 11) is 1.60. The Morgan fingerprint density at radius 2 is 1.94 bits per heavy atom. The highest BCUT2D eigenvalue weighted by molar-refractivity contribution is 5.94. The van der Waals surface area contributed by atoms with Crippen molar-refractivity contribution in [1.82, 2.24) is 15.1 Å². The molecular formula is C25H31FN4O2. The summed E-state index contributed by atoms with van der Waals surface area (Å²) in [6.07, 6.45) is 1.36. The zero-order valence-electron chi connectivity index (χ0n) is 18.9. The fourth-order valence-corrected chi connectivity index (χ4v) is 4.03. The number of carbonyl (C=O) groups excluding carboxylic acids is 2. The maximum atomic E-state index is 14.3. The molecule has 0 saturated carbocycles. The highest BCUT2D eigenvalue weighted by Crippen LogP contribution is 2.24. The van der Waals surface area contributed by atoms with Crippen LogP contribution >= 0.6 is 0 Å². The molecule has 2 amide bonds. The fraction of sp³-hybridized carbons (Fsp3) is 0.360. The van der Waals surface area contributed by atoms with Crippen molar-refractivity contribution in [3.63, 3.8) is 0 Å². The van der Waals surface area contributed by atoms with Gasteiger partial charge in [-0.15, -0.1) is 0 Å². The quantitative estimate of drug-likeness (QED) is 0.651. The molecular weight excluding hydrogens is 407 g/mol. The van der Waals surface area contributed by atoms with Crippen molar-refractivity contribution in [2.24, 2.45) is 0 Å². The first-order valence-corrected chi connectivity index (χ1v) is 10.8. The van der Waals surface area contributed by atoms with Crippen LogP contribution in [0.15, 0.2) is 55.1 Å². The molecule has 3 rings (SSSR count). The first-order chi connectivity index (χ1) is 15.3. The van der Waals surface area contributed by atoms with Crippen LogP contribution < -0.4 is 10.6 Å². The molecule has 2 aromatic rings. The van der Waals surface area contributed by atoms with Gasteiger partial charge in [-0.1, -0.05) is 18.7 Å². The van der Waals surface area contributed by atoms with E-state index in [1.807, 2.05) is 30.0 Å². The topological polar surface area (TPSA) is 64.7 Å². The summed E-state index contributed by atoms with van der Waals surface area (Å²) in [6.45, 7) is 10.1. The first kappa shape index (κ1) is 23.5. The molecule has 170 valence electrons. The van der Waals surface area contributed by atoms with Crippen LogP contribution in [-0.4, -0.2) is 60.9 Å². The second-order valence-electron chi connectivity index (χ2n) is 8.21. The third-order valence-corrected chi connectivity index (χ3v) is 5.92. The summed E-state index contributed by atoms with van der Waals surface area (Å²) >= 11 is 0. The van der Waals surface area contributed by atoms with Crippen molar-refractivity contribution in [2.45, 2.75) is 25.9 Å². The lowest BCUT2D eigenvalue weighted by Crippen LogP contribution is -2.54. The first-order valence-electron chi connectivity index (χ1n) is 10.8. The molecule has 0 aromatic heterocycles. The number of carbonyl (C=O) groups is 2. The number of rotatable bonds is 7. The van der Waals surface area contributed by atoms with Crippen molar-refractivity contribution in [3.8, 4) is 0 Å². The molecule has 0 bridgehead atoms. The van der Waals surface area contributed by atoms with E-state index in [1.165, 1.54) is 6.08 Å². The summed E-state index contributed by atoms with van der Waals surface area (Å²) in [4.78, 5) is 28.0. The van der Waals surface area contributed by atoms with Gasteiger partial charge in [-0.3, -0.25) is 14.5 Å². The average molecular weight is 439 g/mol. The number of halogens is 1. The van der Waals surface area contributed by atoms with Crippen molar-refractivity contribution >= 4 is 17.5 Å². The number of anilines is 1. The second kappa shape index (κ2) is 10.4. The average Bonchev–Trinajstić information content (AvgIpc) is 2.80. The number of benzene rings is 2. The number of hydrogen-bond acceptors (Lipinski definition) is 4. The van der Waals surface area contributed by atoms with Gasteiger partial charge in [-0.05, 0) is 61.4 Å². The van der Waals surface area contributed by atoms with Crippen molar-refractivity contribution in [2.75, 3.05) is 38.5 Å². The molecule has 1 aliphatic rings. The van der Waals surface area contributed by atoms with Gasteiger partial charge in [0.25, 0.3) is 5.91 Å². The van der Waals surface area contributed by atoms with Crippen LogP contribution in [0.4, 0.5) is 10.1 Å². The van der Waals surface area contributed by atoms with Crippen LogP contribution in [0.25, 0.3) is 0 Å². The van der Waals surface area contributed by atoms with E-state index in [0.717, 1.165) is 24.3 Å². The summed E-state index contributed by atoms with van der Waals surface area (Å²) in [5, 5.41) is 6.11. The van der Waals surface area contributed by atoms with Gasteiger partial charge >= 0.3 is 0 Å². The Labute approximate surface area is 189 Å². The number of nitrogens with one attached hydrogen (secondary N) is 2. The van der Waals surface area contributed by atoms with Crippen molar-refractivity contribution in [3.05, 3.63) is 77.6 Å². The van der Waals surface area contributed by atoms with Gasteiger partial charge < -0.3 is 15.5 Å². The van der Waals surface area contributed by atoms with E-state index in [1.54, 1.807) is 38.2 Å². The highest BCUT2D eigenvalue weighted by Gasteiger charge is 2.28. The van der Waals surface area contributed by atoms with E-state index in [2.05, 4.69) is 22.1 Å².